The Morgan fingerprint density at radius 2 is 1.84 bits per heavy atom. The number of halogens is 3. The van der Waals surface area contributed by atoms with Crippen molar-refractivity contribution < 1.29 is 13.6 Å². The molecule has 1 N–H and O–H groups in total. The summed E-state index contributed by atoms with van der Waals surface area (Å²) in [5, 5.41) is 3.34. The lowest BCUT2D eigenvalue weighted by Crippen LogP contribution is -2.41. The standard InChI is InChI=1S/C23H23BrF2N4OS/c1-2-30-11-9-23(10-12-30)28-21(15-3-5-16(24)6-4-15)22(29-23)32-14-20(31)27-17-7-8-18(25)19(26)13-17/h3-8,13H,2,9-12,14H2,1H3,(H,27,31). The van der Waals surface area contributed by atoms with Crippen molar-refractivity contribution in [2.75, 3.05) is 30.7 Å². The predicted octanol–water partition coefficient (Wildman–Crippen LogP) is 5.11. The molecule has 2 aromatic rings. The molecule has 0 bridgehead atoms. The molecule has 168 valence electrons. The molecule has 1 fully saturated rings. The van der Waals surface area contributed by atoms with Gasteiger partial charge in [0.2, 0.25) is 5.91 Å². The summed E-state index contributed by atoms with van der Waals surface area (Å²) < 4.78 is 27.5. The van der Waals surface area contributed by atoms with Crippen molar-refractivity contribution in [3.05, 3.63) is 64.1 Å². The first-order chi connectivity index (χ1) is 15.4. The Bertz CT molecular complexity index is 1070. The van der Waals surface area contributed by atoms with E-state index in [1.54, 1.807) is 0 Å². The average Bonchev–Trinajstić information content (AvgIpc) is 3.14. The van der Waals surface area contributed by atoms with Crippen LogP contribution in [0.1, 0.15) is 25.3 Å². The van der Waals surface area contributed by atoms with E-state index in [4.69, 9.17) is 9.98 Å². The van der Waals surface area contributed by atoms with Crippen LogP contribution in [-0.4, -0.2) is 52.6 Å². The number of nitrogens with zero attached hydrogens (tertiary/aromatic N) is 3. The summed E-state index contributed by atoms with van der Waals surface area (Å²) in [6, 6.07) is 11.2. The van der Waals surface area contributed by atoms with Crippen molar-refractivity contribution in [1.29, 1.82) is 0 Å². The largest absolute Gasteiger partial charge is 0.325 e. The van der Waals surface area contributed by atoms with E-state index in [0.29, 0.717) is 0 Å². The molecule has 9 heteroatoms. The highest BCUT2D eigenvalue weighted by atomic mass is 79.9. The summed E-state index contributed by atoms with van der Waals surface area (Å²) >= 11 is 4.77. The first-order valence-corrected chi connectivity index (χ1v) is 12.2. The number of hydrogen-bond donors (Lipinski definition) is 1. The monoisotopic (exact) mass is 520 g/mol. The average molecular weight is 521 g/mol. The number of anilines is 1. The summed E-state index contributed by atoms with van der Waals surface area (Å²) in [4.78, 5) is 24.9. The maximum Gasteiger partial charge on any atom is 0.234 e. The number of hydrogen-bond acceptors (Lipinski definition) is 5. The maximum atomic E-state index is 13.4. The minimum atomic E-state index is -0.999. The van der Waals surface area contributed by atoms with Crippen molar-refractivity contribution in [3.8, 4) is 0 Å². The quantitative estimate of drug-likeness (QED) is 0.595. The fraction of sp³-hybridized carbons (Fsp3) is 0.348. The van der Waals surface area contributed by atoms with Gasteiger partial charge >= 0.3 is 0 Å². The molecule has 0 aromatic heterocycles. The lowest BCUT2D eigenvalue weighted by Gasteiger charge is -2.34. The number of nitrogens with one attached hydrogen (secondary N) is 1. The van der Waals surface area contributed by atoms with Crippen LogP contribution >= 0.6 is 27.7 Å². The number of aliphatic imine (C=N–C) groups is 2. The number of piperidine rings is 1. The van der Waals surface area contributed by atoms with Gasteiger partial charge in [0, 0.05) is 47.7 Å². The molecule has 1 spiro atoms. The number of benzene rings is 2. The lowest BCUT2D eigenvalue weighted by molar-refractivity contribution is -0.113. The minimum Gasteiger partial charge on any atom is -0.325 e. The zero-order chi connectivity index (χ0) is 22.7. The van der Waals surface area contributed by atoms with Crippen molar-refractivity contribution in [2.45, 2.75) is 25.4 Å². The van der Waals surface area contributed by atoms with Crippen LogP contribution in [0.5, 0.6) is 0 Å². The summed E-state index contributed by atoms with van der Waals surface area (Å²) in [6.45, 7) is 5.03. The second kappa shape index (κ2) is 9.80. The van der Waals surface area contributed by atoms with Crippen LogP contribution in [0.15, 0.2) is 56.9 Å². The van der Waals surface area contributed by atoms with E-state index >= 15 is 0 Å². The van der Waals surface area contributed by atoms with Crippen LogP contribution in [0.25, 0.3) is 0 Å². The minimum absolute atomic E-state index is 0.0878. The molecular formula is C23H23BrF2N4OS. The van der Waals surface area contributed by atoms with Gasteiger partial charge in [-0.15, -0.1) is 0 Å². The third-order valence-corrected chi connectivity index (χ3v) is 7.09. The molecule has 1 saturated heterocycles. The molecule has 5 nitrogen and oxygen atoms in total. The molecular weight excluding hydrogens is 498 g/mol. The first kappa shape index (κ1) is 23.1. The Balaban J connectivity index is 1.50. The van der Waals surface area contributed by atoms with E-state index in [0.717, 1.165) is 65.4 Å². The summed E-state index contributed by atoms with van der Waals surface area (Å²) in [7, 11) is 0. The van der Waals surface area contributed by atoms with Crippen LogP contribution < -0.4 is 5.32 Å². The van der Waals surface area contributed by atoms with E-state index in [1.165, 1.54) is 17.8 Å². The molecule has 0 radical (unpaired) electrons. The maximum absolute atomic E-state index is 13.4. The zero-order valence-electron chi connectivity index (χ0n) is 17.6. The molecule has 0 atom stereocenters. The second-order valence-electron chi connectivity index (χ2n) is 7.77. The Hall–Kier alpha value is -2.10. The Kier molecular flexibility index (Phi) is 7.07. The first-order valence-electron chi connectivity index (χ1n) is 10.4. The zero-order valence-corrected chi connectivity index (χ0v) is 20.0. The van der Waals surface area contributed by atoms with Gasteiger partial charge in [0.05, 0.1) is 11.5 Å². The van der Waals surface area contributed by atoms with Crippen LogP contribution in [0.4, 0.5) is 14.5 Å². The van der Waals surface area contributed by atoms with E-state index in [1.807, 2.05) is 24.3 Å². The highest BCUT2D eigenvalue weighted by Gasteiger charge is 2.39. The van der Waals surface area contributed by atoms with E-state index in [9.17, 15) is 13.6 Å². The Labute approximate surface area is 198 Å². The number of rotatable bonds is 5. The van der Waals surface area contributed by atoms with Crippen LogP contribution in [-0.2, 0) is 4.79 Å². The lowest BCUT2D eigenvalue weighted by atomic mass is 9.98. The number of thioether (sulfide) groups is 1. The van der Waals surface area contributed by atoms with E-state index in [2.05, 4.69) is 33.1 Å². The molecule has 0 aliphatic carbocycles. The van der Waals surface area contributed by atoms with Gasteiger partial charge in [-0.05, 0) is 30.8 Å². The molecule has 4 rings (SSSR count). The number of likely N-dealkylation sites (tertiary alicyclic amines) is 1. The number of carbonyl (C=O) groups excluding carboxylic acids is 1. The van der Waals surface area contributed by atoms with E-state index < -0.39 is 17.3 Å². The normalized spacial score (nSPS) is 17.9. The Morgan fingerprint density at radius 1 is 1.12 bits per heavy atom. The summed E-state index contributed by atoms with van der Waals surface area (Å²) in [5.74, 6) is -2.18. The van der Waals surface area contributed by atoms with Gasteiger partial charge in [-0.2, -0.15) is 0 Å². The third-order valence-electron chi connectivity index (χ3n) is 5.60. The predicted molar refractivity (Wildman–Crippen MR) is 130 cm³/mol. The van der Waals surface area contributed by atoms with Crippen molar-refractivity contribution in [1.82, 2.24) is 4.90 Å². The topological polar surface area (TPSA) is 57.1 Å². The van der Waals surface area contributed by atoms with Crippen molar-refractivity contribution in [2.24, 2.45) is 9.98 Å². The van der Waals surface area contributed by atoms with Gasteiger partial charge in [0.25, 0.3) is 0 Å². The van der Waals surface area contributed by atoms with E-state index in [-0.39, 0.29) is 17.3 Å². The molecule has 0 unspecified atom stereocenters. The molecule has 1 amide bonds. The summed E-state index contributed by atoms with van der Waals surface area (Å²) in [5.41, 5.74) is 1.49. The van der Waals surface area contributed by atoms with Gasteiger partial charge < -0.3 is 10.2 Å². The molecule has 0 saturated carbocycles. The summed E-state index contributed by atoms with van der Waals surface area (Å²) in [6.07, 6.45) is 1.68. The SMILES string of the molecule is CCN1CCC2(CC1)N=C(SCC(=O)Nc1ccc(F)c(F)c1)C(c1ccc(Br)cc1)=N2. The smallest absolute Gasteiger partial charge is 0.234 e. The third kappa shape index (κ3) is 5.27. The van der Waals surface area contributed by atoms with Gasteiger partial charge in [-0.3, -0.25) is 9.79 Å². The number of amides is 1. The molecule has 2 aromatic carbocycles. The number of carbonyl (C=O) groups is 1. The van der Waals surface area contributed by atoms with Crippen LogP contribution in [0.3, 0.4) is 0 Å². The van der Waals surface area contributed by atoms with Gasteiger partial charge in [0.1, 0.15) is 5.04 Å². The van der Waals surface area contributed by atoms with Gasteiger partial charge in [-0.1, -0.05) is 46.7 Å². The Morgan fingerprint density at radius 3 is 2.50 bits per heavy atom. The van der Waals surface area contributed by atoms with Crippen LogP contribution in [0, 0.1) is 11.6 Å². The molecule has 2 aliphatic rings. The molecule has 32 heavy (non-hydrogen) atoms. The van der Waals surface area contributed by atoms with Crippen molar-refractivity contribution >= 4 is 50.0 Å². The van der Waals surface area contributed by atoms with Gasteiger partial charge in [-0.25, -0.2) is 13.8 Å². The fourth-order valence-corrected chi connectivity index (χ4v) is 4.91. The fourth-order valence-electron chi connectivity index (χ4n) is 3.78. The highest BCUT2D eigenvalue weighted by Crippen LogP contribution is 2.35. The second-order valence-corrected chi connectivity index (χ2v) is 9.65. The molecule has 2 heterocycles. The van der Waals surface area contributed by atoms with Crippen molar-refractivity contribution in [3.63, 3.8) is 0 Å². The van der Waals surface area contributed by atoms with Gasteiger partial charge in [0.15, 0.2) is 17.3 Å². The molecule has 2 aliphatic heterocycles. The highest BCUT2D eigenvalue weighted by molar-refractivity contribution is 9.10. The van der Waals surface area contributed by atoms with Crippen LogP contribution in [0.2, 0.25) is 0 Å².